The minimum atomic E-state index is -0.584. The van der Waals surface area contributed by atoms with Crippen molar-refractivity contribution in [2.45, 2.75) is 0 Å². The number of benzene rings is 1. The van der Waals surface area contributed by atoms with Crippen LogP contribution in [0.5, 0.6) is 0 Å². The molecular weight excluding hydrogens is 188 g/mol. The van der Waals surface area contributed by atoms with Crippen molar-refractivity contribution in [2.75, 3.05) is 5.32 Å². The number of nitrogens with zero attached hydrogens (tertiary/aromatic N) is 1. The second kappa shape index (κ2) is 4.19. The van der Waals surface area contributed by atoms with Gasteiger partial charge in [-0.2, -0.15) is 0 Å². The summed E-state index contributed by atoms with van der Waals surface area (Å²) in [6.07, 6.45) is 0. The van der Waals surface area contributed by atoms with Crippen LogP contribution in [0.4, 0.5) is 16.2 Å². The van der Waals surface area contributed by atoms with E-state index in [-0.39, 0.29) is 5.69 Å². The first-order valence-corrected chi connectivity index (χ1v) is 3.65. The van der Waals surface area contributed by atoms with Gasteiger partial charge in [0.15, 0.2) is 0 Å². The van der Waals surface area contributed by atoms with E-state index in [1.54, 1.807) is 0 Å². The highest BCUT2D eigenvalue weighted by Crippen LogP contribution is 2.14. The average molecular weight is 196 g/mol. The lowest BCUT2D eigenvalue weighted by Crippen LogP contribution is -2.34. The average Bonchev–Trinajstić information content (AvgIpc) is 2.18. The van der Waals surface area contributed by atoms with Crippen molar-refractivity contribution in [1.82, 2.24) is 5.43 Å². The van der Waals surface area contributed by atoms with Gasteiger partial charge >= 0.3 is 6.03 Å². The summed E-state index contributed by atoms with van der Waals surface area (Å²) in [5.74, 6) is 4.83. The summed E-state index contributed by atoms with van der Waals surface area (Å²) in [5, 5.41) is 12.6. The molecule has 0 saturated carbocycles. The van der Waals surface area contributed by atoms with E-state index in [4.69, 9.17) is 5.84 Å². The molecule has 4 N–H and O–H groups in total. The molecule has 0 spiro atoms. The molecule has 2 amide bonds. The van der Waals surface area contributed by atoms with E-state index >= 15 is 0 Å². The van der Waals surface area contributed by atoms with Crippen LogP contribution in [0.25, 0.3) is 0 Å². The summed E-state index contributed by atoms with van der Waals surface area (Å²) >= 11 is 0. The lowest BCUT2D eigenvalue weighted by Gasteiger charge is -2.02. The van der Waals surface area contributed by atoms with Gasteiger partial charge in [0.1, 0.15) is 0 Å². The first-order valence-electron chi connectivity index (χ1n) is 3.65. The van der Waals surface area contributed by atoms with Crippen molar-refractivity contribution in [1.29, 1.82) is 0 Å². The number of nitrogens with two attached hydrogens (primary N) is 1. The Kier molecular flexibility index (Phi) is 2.97. The molecule has 14 heavy (non-hydrogen) atoms. The number of nitro benzene ring substituents is 1. The zero-order chi connectivity index (χ0) is 10.6. The Bertz CT molecular complexity index is 348. The van der Waals surface area contributed by atoms with E-state index in [1.807, 2.05) is 5.43 Å². The molecule has 0 aromatic heterocycles. The van der Waals surface area contributed by atoms with Crippen LogP contribution in [0.1, 0.15) is 0 Å². The van der Waals surface area contributed by atoms with Gasteiger partial charge in [-0.25, -0.2) is 10.6 Å². The smallest absolute Gasteiger partial charge is 0.307 e. The topological polar surface area (TPSA) is 110 Å². The minimum absolute atomic E-state index is 0.0382. The molecule has 1 rings (SSSR count). The second-order valence-electron chi connectivity index (χ2n) is 2.40. The molecular formula is C7H8N4O3. The van der Waals surface area contributed by atoms with Crippen molar-refractivity contribution in [3.63, 3.8) is 0 Å². The Hall–Kier alpha value is -2.15. The monoisotopic (exact) mass is 196 g/mol. The van der Waals surface area contributed by atoms with Crippen molar-refractivity contribution < 1.29 is 9.72 Å². The number of rotatable bonds is 2. The quantitative estimate of drug-likeness (QED) is 0.278. The summed E-state index contributed by atoms with van der Waals surface area (Å²) in [7, 11) is 0. The van der Waals surface area contributed by atoms with Crippen LogP contribution in [0, 0.1) is 10.1 Å². The Morgan fingerprint density at radius 2 is 1.93 bits per heavy atom. The Balaban J connectivity index is 2.73. The molecule has 0 aliphatic carbocycles. The van der Waals surface area contributed by atoms with Crippen LogP contribution >= 0.6 is 0 Å². The van der Waals surface area contributed by atoms with Crippen molar-refractivity contribution >= 4 is 17.4 Å². The van der Waals surface area contributed by atoms with Gasteiger partial charge in [0.05, 0.1) is 4.92 Å². The number of amides is 2. The predicted molar refractivity (Wildman–Crippen MR) is 49.4 cm³/mol. The molecule has 0 fully saturated rings. The molecule has 0 aliphatic heterocycles. The van der Waals surface area contributed by atoms with Crippen LogP contribution in [0.3, 0.4) is 0 Å². The van der Waals surface area contributed by atoms with Gasteiger partial charge < -0.3 is 5.32 Å². The zero-order valence-corrected chi connectivity index (χ0v) is 7.06. The molecule has 0 unspecified atom stereocenters. The number of urea groups is 1. The third-order valence-electron chi connectivity index (χ3n) is 1.47. The Morgan fingerprint density at radius 1 is 1.36 bits per heavy atom. The van der Waals surface area contributed by atoms with Crippen LogP contribution in [0.15, 0.2) is 24.3 Å². The van der Waals surface area contributed by atoms with E-state index < -0.39 is 11.0 Å². The molecule has 0 atom stereocenters. The SMILES string of the molecule is NNC(=O)Nc1ccc([N+](=O)[O-])cc1. The summed E-state index contributed by atoms with van der Waals surface area (Å²) in [6.45, 7) is 0. The van der Waals surface area contributed by atoms with E-state index in [9.17, 15) is 14.9 Å². The fourth-order valence-corrected chi connectivity index (χ4v) is 0.834. The fraction of sp³-hybridized carbons (Fsp3) is 0. The number of nitro groups is 1. The van der Waals surface area contributed by atoms with Gasteiger partial charge in [-0.3, -0.25) is 15.5 Å². The number of carbonyl (C=O) groups is 1. The lowest BCUT2D eigenvalue weighted by atomic mass is 10.3. The molecule has 0 bridgehead atoms. The normalized spacial score (nSPS) is 9.21. The largest absolute Gasteiger partial charge is 0.333 e. The number of hydrogen-bond acceptors (Lipinski definition) is 4. The maximum Gasteiger partial charge on any atom is 0.333 e. The predicted octanol–water partition coefficient (Wildman–Crippen LogP) is 0.590. The molecule has 0 aliphatic rings. The second-order valence-corrected chi connectivity index (χ2v) is 2.40. The minimum Gasteiger partial charge on any atom is -0.307 e. The van der Waals surface area contributed by atoms with Gasteiger partial charge in [-0.15, -0.1) is 0 Å². The van der Waals surface area contributed by atoms with E-state index in [0.29, 0.717) is 5.69 Å². The molecule has 1 aromatic carbocycles. The molecule has 0 saturated heterocycles. The number of carbonyl (C=O) groups excluding carboxylic acids is 1. The van der Waals surface area contributed by atoms with Crippen LogP contribution < -0.4 is 16.6 Å². The summed E-state index contributed by atoms with van der Waals surface area (Å²) in [5.41, 5.74) is 2.26. The fourth-order valence-electron chi connectivity index (χ4n) is 0.834. The van der Waals surface area contributed by atoms with Gasteiger partial charge in [-0.05, 0) is 12.1 Å². The molecule has 0 radical (unpaired) electrons. The lowest BCUT2D eigenvalue weighted by molar-refractivity contribution is -0.384. The Morgan fingerprint density at radius 3 is 2.36 bits per heavy atom. The number of non-ortho nitro benzene ring substituents is 1. The number of anilines is 1. The summed E-state index contributed by atoms with van der Waals surface area (Å²) < 4.78 is 0. The van der Waals surface area contributed by atoms with Crippen LogP contribution in [0.2, 0.25) is 0 Å². The highest BCUT2D eigenvalue weighted by atomic mass is 16.6. The molecule has 7 nitrogen and oxygen atoms in total. The third kappa shape index (κ3) is 2.42. The maximum atomic E-state index is 10.7. The first-order chi connectivity index (χ1) is 6.63. The molecule has 74 valence electrons. The Labute approximate surface area is 79.0 Å². The summed E-state index contributed by atoms with van der Waals surface area (Å²) in [4.78, 5) is 20.5. The van der Waals surface area contributed by atoms with Gasteiger partial charge in [0, 0.05) is 17.8 Å². The van der Waals surface area contributed by atoms with Gasteiger partial charge in [-0.1, -0.05) is 0 Å². The van der Waals surface area contributed by atoms with E-state index in [0.717, 1.165) is 0 Å². The molecule has 0 heterocycles. The highest BCUT2D eigenvalue weighted by Gasteiger charge is 2.04. The van der Waals surface area contributed by atoms with E-state index in [1.165, 1.54) is 24.3 Å². The first kappa shape index (κ1) is 9.93. The number of nitrogens with one attached hydrogen (secondary N) is 2. The number of hydrazine groups is 1. The highest BCUT2D eigenvalue weighted by molar-refractivity contribution is 5.88. The van der Waals surface area contributed by atoms with Crippen molar-refractivity contribution in [2.24, 2.45) is 5.84 Å². The third-order valence-corrected chi connectivity index (χ3v) is 1.47. The van der Waals surface area contributed by atoms with Crippen molar-refractivity contribution in [3.8, 4) is 0 Å². The van der Waals surface area contributed by atoms with Gasteiger partial charge in [0.2, 0.25) is 0 Å². The zero-order valence-electron chi connectivity index (χ0n) is 7.06. The molecule has 1 aromatic rings. The van der Waals surface area contributed by atoms with Gasteiger partial charge in [0.25, 0.3) is 5.69 Å². The van der Waals surface area contributed by atoms with Crippen LogP contribution in [-0.4, -0.2) is 11.0 Å². The van der Waals surface area contributed by atoms with E-state index in [2.05, 4.69) is 5.32 Å². The van der Waals surface area contributed by atoms with Crippen LogP contribution in [-0.2, 0) is 0 Å². The summed E-state index contributed by atoms with van der Waals surface area (Å²) in [6, 6.07) is 4.80. The standard InChI is InChI=1S/C7H8N4O3/c8-10-7(12)9-5-1-3-6(4-2-5)11(13)14/h1-4H,8H2,(H2,9,10,12). The maximum absolute atomic E-state index is 10.7. The van der Waals surface area contributed by atoms with Crippen molar-refractivity contribution in [3.05, 3.63) is 34.4 Å². The molecule has 7 heteroatoms. The number of hydrogen-bond donors (Lipinski definition) is 3.